The molecule has 0 aliphatic rings. The van der Waals surface area contributed by atoms with Crippen molar-refractivity contribution in [1.29, 1.82) is 0 Å². The van der Waals surface area contributed by atoms with Gasteiger partial charge in [0.25, 0.3) is 0 Å². The van der Waals surface area contributed by atoms with Crippen LogP contribution in [0, 0.1) is 11.6 Å². The fraction of sp³-hybridized carbons (Fsp3) is 0.250. The summed E-state index contributed by atoms with van der Waals surface area (Å²) >= 11 is 0. The zero-order valence-electron chi connectivity index (χ0n) is 11.6. The Bertz CT molecular complexity index is 624. The Labute approximate surface area is 121 Å². The van der Waals surface area contributed by atoms with Crippen LogP contribution in [0.3, 0.4) is 0 Å². The highest BCUT2D eigenvalue weighted by molar-refractivity contribution is 5.97. The molecule has 0 amide bonds. The zero-order chi connectivity index (χ0) is 15.2. The van der Waals surface area contributed by atoms with Crippen molar-refractivity contribution in [2.45, 2.75) is 19.8 Å². The number of halogens is 2. The van der Waals surface area contributed by atoms with Crippen LogP contribution in [-0.2, 0) is 6.42 Å². The van der Waals surface area contributed by atoms with Crippen LogP contribution in [-0.4, -0.2) is 17.4 Å². The number of pyridine rings is 1. The summed E-state index contributed by atoms with van der Waals surface area (Å²) in [5, 5.41) is 0. The molecule has 2 aromatic rings. The molecule has 1 aromatic carbocycles. The maximum Gasteiger partial charge on any atom is 0.169 e. The quantitative estimate of drug-likeness (QED) is 0.764. The topological polar surface area (TPSA) is 39.2 Å². The lowest BCUT2D eigenvalue weighted by Gasteiger charge is -2.07. The minimum absolute atomic E-state index is 0.234. The molecule has 0 saturated heterocycles. The van der Waals surface area contributed by atoms with Crippen LogP contribution in [0.5, 0.6) is 5.75 Å². The molecule has 21 heavy (non-hydrogen) atoms. The Hall–Kier alpha value is -2.30. The van der Waals surface area contributed by atoms with E-state index in [-0.39, 0.29) is 17.5 Å². The summed E-state index contributed by atoms with van der Waals surface area (Å²) in [6.07, 6.45) is 3.34. The first-order valence-electron chi connectivity index (χ1n) is 6.65. The lowest BCUT2D eigenvalue weighted by atomic mass is 10.0. The van der Waals surface area contributed by atoms with Gasteiger partial charge in [-0.3, -0.25) is 9.78 Å². The number of Topliss-reactive ketones (excluding diaryl/α,β-unsaturated/α-hetero) is 1. The lowest BCUT2D eigenvalue weighted by Crippen LogP contribution is -2.08. The largest absolute Gasteiger partial charge is 0.492 e. The number of benzene rings is 1. The standard InChI is InChI=1S/C16H15F2NO2/c1-2-6-21-12-7-11(9-19-10-12)16(20)8-13-14(17)4-3-5-15(13)18/h3-5,7,9-10H,2,6,8H2,1H3. The Morgan fingerprint density at radius 2 is 1.95 bits per heavy atom. The molecule has 5 heteroatoms. The van der Waals surface area contributed by atoms with Crippen molar-refractivity contribution < 1.29 is 18.3 Å². The normalized spacial score (nSPS) is 10.4. The summed E-state index contributed by atoms with van der Waals surface area (Å²) in [6.45, 7) is 2.48. The summed E-state index contributed by atoms with van der Waals surface area (Å²) < 4.78 is 32.5. The third-order valence-corrected chi connectivity index (χ3v) is 2.91. The SMILES string of the molecule is CCCOc1cncc(C(=O)Cc2c(F)cccc2F)c1. The minimum Gasteiger partial charge on any atom is -0.492 e. The van der Waals surface area contributed by atoms with E-state index in [4.69, 9.17) is 4.74 Å². The van der Waals surface area contributed by atoms with Crippen LogP contribution >= 0.6 is 0 Å². The van der Waals surface area contributed by atoms with Gasteiger partial charge in [-0.2, -0.15) is 0 Å². The number of hydrogen-bond acceptors (Lipinski definition) is 3. The van der Waals surface area contributed by atoms with Crippen LogP contribution in [0.1, 0.15) is 29.3 Å². The molecular formula is C16H15F2NO2. The summed E-state index contributed by atoms with van der Waals surface area (Å²) in [5.74, 6) is -1.39. The molecule has 0 fully saturated rings. The molecule has 0 radical (unpaired) electrons. The van der Waals surface area contributed by atoms with Gasteiger partial charge in [-0.25, -0.2) is 8.78 Å². The maximum atomic E-state index is 13.5. The van der Waals surface area contributed by atoms with E-state index < -0.39 is 17.4 Å². The summed E-state index contributed by atoms with van der Waals surface area (Å²) in [6, 6.07) is 5.05. The van der Waals surface area contributed by atoms with Crippen molar-refractivity contribution in [1.82, 2.24) is 4.98 Å². The average Bonchev–Trinajstić information content (AvgIpc) is 2.49. The second-order valence-electron chi connectivity index (χ2n) is 4.56. The first-order valence-corrected chi connectivity index (χ1v) is 6.65. The Kier molecular flexibility index (Phi) is 4.98. The van der Waals surface area contributed by atoms with Gasteiger partial charge < -0.3 is 4.74 Å². The number of rotatable bonds is 6. The van der Waals surface area contributed by atoms with E-state index in [2.05, 4.69) is 4.98 Å². The molecule has 0 spiro atoms. The fourth-order valence-electron chi connectivity index (χ4n) is 1.83. The van der Waals surface area contributed by atoms with Crippen LogP contribution in [0.4, 0.5) is 8.78 Å². The van der Waals surface area contributed by atoms with E-state index in [1.165, 1.54) is 24.5 Å². The second-order valence-corrected chi connectivity index (χ2v) is 4.56. The van der Waals surface area contributed by atoms with Gasteiger partial charge in [0.1, 0.15) is 17.4 Å². The third kappa shape index (κ3) is 3.84. The van der Waals surface area contributed by atoms with Crippen molar-refractivity contribution in [3.63, 3.8) is 0 Å². The average molecular weight is 291 g/mol. The minimum atomic E-state index is -0.727. The van der Waals surface area contributed by atoms with Crippen LogP contribution in [0.2, 0.25) is 0 Å². The maximum absolute atomic E-state index is 13.5. The molecule has 1 aromatic heterocycles. The van der Waals surface area contributed by atoms with Gasteiger partial charge in [0.2, 0.25) is 0 Å². The van der Waals surface area contributed by atoms with Gasteiger partial charge in [0.15, 0.2) is 5.78 Å². The highest BCUT2D eigenvalue weighted by Gasteiger charge is 2.15. The Morgan fingerprint density at radius 1 is 1.24 bits per heavy atom. The van der Waals surface area contributed by atoms with Crippen molar-refractivity contribution in [3.8, 4) is 5.75 Å². The number of aromatic nitrogens is 1. The van der Waals surface area contributed by atoms with Gasteiger partial charge in [0.05, 0.1) is 12.8 Å². The third-order valence-electron chi connectivity index (χ3n) is 2.91. The van der Waals surface area contributed by atoms with Crippen molar-refractivity contribution >= 4 is 5.78 Å². The number of carbonyl (C=O) groups excluding carboxylic acids is 1. The first kappa shape index (κ1) is 15.1. The van der Waals surface area contributed by atoms with Crippen LogP contribution < -0.4 is 4.74 Å². The Balaban J connectivity index is 2.17. The van der Waals surface area contributed by atoms with Crippen molar-refractivity contribution in [3.05, 3.63) is 59.4 Å². The van der Waals surface area contributed by atoms with Gasteiger partial charge in [-0.15, -0.1) is 0 Å². The number of nitrogens with zero attached hydrogens (tertiary/aromatic N) is 1. The highest BCUT2D eigenvalue weighted by Crippen LogP contribution is 2.17. The van der Waals surface area contributed by atoms with Gasteiger partial charge in [-0.1, -0.05) is 13.0 Å². The fourth-order valence-corrected chi connectivity index (χ4v) is 1.83. The molecule has 0 unspecified atom stereocenters. The number of ether oxygens (including phenoxy) is 1. The van der Waals surface area contributed by atoms with Crippen LogP contribution in [0.15, 0.2) is 36.7 Å². The Morgan fingerprint density at radius 3 is 2.62 bits per heavy atom. The summed E-state index contributed by atoms with van der Waals surface area (Å²) in [5.41, 5.74) is 0.0358. The molecule has 110 valence electrons. The first-order chi connectivity index (χ1) is 10.1. The van der Waals surface area contributed by atoms with Crippen molar-refractivity contribution in [2.75, 3.05) is 6.61 Å². The van der Waals surface area contributed by atoms with E-state index >= 15 is 0 Å². The van der Waals surface area contributed by atoms with E-state index in [9.17, 15) is 13.6 Å². The molecule has 2 rings (SSSR count). The van der Waals surface area contributed by atoms with E-state index in [0.29, 0.717) is 12.4 Å². The zero-order valence-corrected chi connectivity index (χ0v) is 11.6. The molecule has 3 nitrogen and oxygen atoms in total. The molecule has 0 aliphatic heterocycles. The summed E-state index contributed by atoms with van der Waals surface area (Å²) in [4.78, 5) is 16.0. The molecule has 0 bridgehead atoms. The van der Waals surface area contributed by atoms with E-state index in [1.54, 1.807) is 0 Å². The molecule has 0 saturated carbocycles. The number of carbonyl (C=O) groups is 1. The van der Waals surface area contributed by atoms with Crippen LogP contribution in [0.25, 0.3) is 0 Å². The van der Waals surface area contributed by atoms with Gasteiger partial charge in [-0.05, 0) is 24.6 Å². The molecular weight excluding hydrogens is 276 g/mol. The second kappa shape index (κ2) is 6.92. The predicted molar refractivity (Wildman–Crippen MR) is 74.4 cm³/mol. The summed E-state index contributed by atoms with van der Waals surface area (Å²) in [7, 11) is 0. The number of hydrogen-bond donors (Lipinski definition) is 0. The van der Waals surface area contributed by atoms with Gasteiger partial charge in [0, 0.05) is 23.7 Å². The smallest absolute Gasteiger partial charge is 0.169 e. The molecule has 0 atom stereocenters. The molecule has 0 aliphatic carbocycles. The molecule has 0 N–H and O–H groups in total. The number of ketones is 1. The van der Waals surface area contributed by atoms with Crippen molar-refractivity contribution in [2.24, 2.45) is 0 Å². The van der Waals surface area contributed by atoms with E-state index in [0.717, 1.165) is 18.6 Å². The van der Waals surface area contributed by atoms with E-state index in [1.807, 2.05) is 6.92 Å². The predicted octanol–water partition coefficient (Wildman–Crippen LogP) is 3.57. The van der Waals surface area contributed by atoms with Gasteiger partial charge >= 0.3 is 0 Å². The molecule has 1 heterocycles. The highest BCUT2D eigenvalue weighted by atomic mass is 19.1. The lowest BCUT2D eigenvalue weighted by molar-refractivity contribution is 0.0989. The monoisotopic (exact) mass is 291 g/mol.